The molecule has 0 saturated carbocycles. The van der Waals surface area contributed by atoms with Gasteiger partial charge in [0.1, 0.15) is 5.58 Å². The van der Waals surface area contributed by atoms with Crippen molar-refractivity contribution in [3.63, 3.8) is 0 Å². The second kappa shape index (κ2) is 7.70. The molecule has 0 aliphatic heterocycles. The van der Waals surface area contributed by atoms with E-state index in [0.717, 1.165) is 5.56 Å². The fourth-order valence-electron chi connectivity index (χ4n) is 2.85. The molecule has 0 fully saturated rings. The number of carbonyl (C=O) groups is 1. The van der Waals surface area contributed by atoms with Gasteiger partial charge in [-0.3, -0.25) is 9.78 Å². The van der Waals surface area contributed by atoms with Crippen LogP contribution in [-0.2, 0) is 0 Å². The molecule has 7 heteroatoms. The first-order valence-electron chi connectivity index (χ1n) is 8.60. The fourth-order valence-corrected chi connectivity index (χ4v) is 3.23. The number of benzene rings is 2. The molecular weight excluding hydrogens is 413 g/mol. The van der Waals surface area contributed by atoms with Gasteiger partial charge in [-0.25, -0.2) is 4.79 Å². The van der Waals surface area contributed by atoms with Crippen LogP contribution in [-0.4, -0.2) is 11.0 Å². The van der Waals surface area contributed by atoms with Gasteiger partial charge in [-0.05, 0) is 48.9 Å². The number of aromatic nitrogens is 1. The molecule has 144 valence electrons. The van der Waals surface area contributed by atoms with Crippen molar-refractivity contribution in [2.24, 2.45) is 0 Å². The van der Waals surface area contributed by atoms with E-state index in [1.807, 2.05) is 0 Å². The van der Waals surface area contributed by atoms with Gasteiger partial charge in [-0.1, -0.05) is 35.3 Å². The van der Waals surface area contributed by atoms with Gasteiger partial charge in [0, 0.05) is 23.0 Å². The van der Waals surface area contributed by atoms with Gasteiger partial charge in [0.2, 0.25) is 11.2 Å². The summed E-state index contributed by atoms with van der Waals surface area (Å²) in [5.74, 6) is -0.942. The average molecular weight is 426 g/mol. The number of fused-ring (bicyclic) bond motifs is 1. The van der Waals surface area contributed by atoms with Gasteiger partial charge in [-0.2, -0.15) is 0 Å². The number of nitrogens with zero attached hydrogens (tertiary/aromatic N) is 1. The molecular formula is C22H13Cl2NO4. The van der Waals surface area contributed by atoms with Crippen LogP contribution in [0.2, 0.25) is 10.0 Å². The standard InChI is InChI=1S/C22H13Cl2NO4/c1-12-9-18-15(10-17(12)24)19(26)21(29-22(27)13-5-4-8-25-11-13)20(28-18)14-6-2-3-7-16(14)23/h2-11H,1H3. The second-order valence-electron chi connectivity index (χ2n) is 6.30. The zero-order chi connectivity index (χ0) is 20.5. The summed E-state index contributed by atoms with van der Waals surface area (Å²) in [6, 6.07) is 13.1. The summed E-state index contributed by atoms with van der Waals surface area (Å²) in [4.78, 5) is 29.7. The monoisotopic (exact) mass is 425 g/mol. The van der Waals surface area contributed by atoms with Crippen LogP contribution in [0.1, 0.15) is 15.9 Å². The molecule has 0 radical (unpaired) electrons. The van der Waals surface area contributed by atoms with Crippen LogP contribution in [0, 0.1) is 6.92 Å². The molecule has 29 heavy (non-hydrogen) atoms. The molecule has 0 amide bonds. The average Bonchev–Trinajstić information content (AvgIpc) is 2.72. The van der Waals surface area contributed by atoms with E-state index < -0.39 is 11.4 Å². The summed E-state index contributed by atoms with van der Waals surface area (Å²) < 4.78 is 11.4. The quantitative estimate of drug-likeness (QED) is 0.394. The summed E-state index contributed by atoms with van der Waals surface area (Å²) in [6.45, 7) is 1.80. The summed E-state index contributed by atoms with van der Waals surface area (Å²) in [7, 11) is 0. The maximum Gasteiger partial charge on any atom is 0.345 e. The lowest BCUT2D eigenvalue weighted by molar-refractivity contribution is 0.0731. The first-order valence-corrected chi connectivity index (χ1v) is 9.35. The summed E-state index contributed by atoms with van der Waals surface area (Å²) >= 11 is 12.5. The second-order valence-corrected chi connectivity index (χ2v) is 7.11. The van der Waals surface area contributed by atoms with Crippen molar-refractivity contribution < 1.29 is 13.9 Å². The Bertz CT molecular complexity index is 1300. The van der Waals surface area contributed by atoms with Crippen molar-refractivity contribution in [1.29, 1.82) is 0 Å². The lowest BCUT2D eigenvalue weighted by atomic mass is 10.1. The van der Waals surface area contributed by atoms with Gasteiger partial charge in [0.15, 0.2) is 5.76 Å². The Hall–Kier alpha value is -3.15. The lowest BCUT2D eigenvalue weighted by Gasteiger charge is -2.12. The van der Waals surface area contributed by atoms with Crippen LogP contribution in [0.5, 0.6) is 5.75 Å². The smallest absolute Gasteiger partial charge is 0.345 e. The molecule has 0 spiro atoms. The zero-order valence-corrected chi connectivity index (χ0v) is 16.6. The van der Waals surface area contributed by atoms with E-state index in [1.54, 1.807) is 43.3 Å². The van der Waals surface area contributed by atoms with E-state index >= 15 is 0 Å². The summed E-state index contributed by atoms with van der Waals surface area (Å²) in [5.41, 5.74) is 1.15. The van der Waals surface area contributed by atoms with Gasteiger partial charge in [0.25, 0.3) is 0 Å². The fraction of sp³-hybridized carbons (Fsp3) is 0.0455. The molecule has 0 saturated heterocycles. The maximum atomic E-state index is 13.2. The molecule has 0 unspecified atom stereocenters. The highest BCUT2D eigenvalue weighted by Crippen LogP contribution is 2.36. The zero-order valence-electron chi connectivity index (χ0n) is 15.1. The highest BCUT2D eigenvalue weighted by atomic mass is 35.5. The molecule has 0 bridgehead atoms. The first-order chi connectivity index (χ1) is 14.0. The summed E-state index contributed by atoms with van der Waals surface area (Å²) in [5, 5.41) is 0.949. The molecule has 4 aromatic rings. The molecule has 4 rings (SSSR count). The van der Waals surface area contributed by atoms with Gasteiger partial charge in [-0.15, -0.1) is 0 Å². The highest BCUT2D eigenvalue weighted by molar-refractivity contribution is 6.33. The van der Waals surface area contributed by atoms with E-state index in [2.05, 4.69) is 4.98 Å². The van der Waals surface area contributed by atoms with Crippen LogP contribution in [0.15, 0.2) is 70.1 Å². The van der Waals surface area contributed by atoms with Crippen molar-refractivity contribution in [2.75, 3.05) is 0 Å². The van der Waals surface area contributed by atoms with E-state index in [9.17, 15) is 9.59 Å². The normalized spacial score (nSPS) is 10.9. The molecule has 2 aromatic carbocycles. The van der Waals surface area contributed by atoms with Crippen LogP contribution in [0.25, 0.3) is 22.3 Å². The Kier molecular flexibility index (Phi) is 5.09. The van der Waals surface area contributed by atoms with Gasteiger partial charge < -0.3 is 9.15 Å². The topological polar surface area (TPSA) is 69.4 Å². The lowest BCUT2D eigenvalue weighted by Crippen LogP contribution is -2.16. The number of ether oxygens (including phenoxy) is 1. The molecule has 0 N–H and O–H groups in total. The van der Waals surface area contributed by atoms with Crippen LogP contribution < -0.4 is 10.2 Å². The number of halogens is 2. The van der Waals surface area contributed by atoms with E-state index in [0.29, 0.717) is 21.2 Å². The minimum absolute atomic E-state index is 0.0621. The number of pyridine rings is 1. The van der Waals surface area contributed by atoms with Crippen LogP contribution in [0.3, 0.4) is 0 Å². The highest BCUT2D eigenvalue weighted by Gasteiger charge is 2.23. The predicted molar refractivity (Wildman–Crippen MR) is 112 cm³/mol. The Morgan fingerprint density at radius 1 is 1.07 bits per heavy atom. The van der Waals surface area contributed by atoms with Crippen molar-refractivity contribution in [3.05, 3.63) is 92.3 Å². The first kappa shape index (κ1) is 19.2. The van der Waals surface area contributed by atoms with Crippen molar-refractivity contribution >= 4 is 40.1 Å². The van der Waals surface area contributed by atoms with E-state index in [1.165, 1.54) is 24.5 Å². The molecule has 0 aliphatic rings. The Morgan fingerprint density at radius 2 is 1.86 bits per heavy atom. The van der Waals surface area contributed by atoms with E-state index in [4.69, 9.17) is 32.4 Å². The number of hydrogen-bond acceptors (Lipinski definition) is 5. The molecule has 0 atom stereocenters. The predicted octanol–water partition coefficient (Wildman–Crippen LogP) is 5.69. The number of carbonyl (C=O) groups excluding carboxylic acids is 1. The minimum atomic E-state index is -0.740. The number of hydrogen-bond donors (Lipinski definition) is 0. The van der Waals surface area contributed by atoms with Crippen molar-refractivity contribution in [2.45, 2.75) is 6.92 Å². The largest absolute Gasteiger partial charge is 0.452 e. The molecule has 0 aliphatic carbocycles. The molecule has 2 aromatic heterocycles. The Labute approximate surface area is 175 Å². The van der Waals surface area contributed by atoms with Gasteiger partial charge >= 0.3 is 5.97 Å². The van der Waals surface area contributed by atoms with Crippen molar-refractivity contribution in [3.8, 4) is 17.1 Å². The Balaban J connectivity index is 1.97. The maximum absolute atomic E-state index is 13.2. The number of rotatable bonds is 3. The van der Waals surface area contributed by atoms with Crippen molar-refractivity contribution in [1.82, 2.24) is 4.98 Å². The van der Waals surface area contributed by atoms with Crippen LogP contribution in [0.4, 0.5) is 0 Å². The molecule has 5 nitrogen and oxygen atoms in total. The number of esters is 1. The minimum Gasteiger partial charge on any atom is -0.452 e. The van der Waals surface area contributed by atoms with E-state index in [-0.39, 0.29) is 22.5 Å². The number of aryl methyl sites for hydroxylation is 1. The SMILES string of the molecule is Cc1cc2oc(-c3ccccc3Cl)c(OC(=O)c3cccnc3)c(=O)c2cc1Cl. The third-order valence-electron chi connectivity index (χ3n) is 4.34. The Morgan fingerprint density at radius 3 is 2.59 bits per heavy atom. The van der Waals surface area contributed by atoms with Crippen LogP contribution >= 0.6 is 23.2 Å². The third kappa shape index (κ3) is 3.62. The summed E-state index contributed by atoms with van der Waals surface area (Å²) in [6.07, 6.45) is 2.88. The third-order valence-corrected chi connectivity index (χ3v) is 5.08. The van der Waals surface area contributed by atoms with Gasteiger partial charge in [0.05, 0.1) is 16.0 Å². The molecule has 2 heterocycles.